The Kier molecular flexibility index (Phi) is 23.2. The average molecular weight is 413 g/mol. The van der Waals surface area contributed by atoms with E-state index in [9.17, 15) is 4.79 Å². The van der Waals surface area contributed by atoms with Gasteiger partial charge >= 0.3 is 5.97 Å². The van der Waals surface area contributed by atoms with Gasteiger partial charge in [0.1, 0.15) is 0 Å². The zero-order valence-corrected chi connectivity index (χ0v) is 19.9. The molecule has 0 fully saturated rings. The van der Waals surface area contributed by atoms with Gasteiger partial charge in [-0.2, -0.15) is 0 Å². The summed E-state index contributed by atoms with van der Waals surface area (Å²) in [5.41, 5.74) is 0. The van der Waals surface area contributed by atoms with E-state index in [-0.39, 0.29) is 5.97 Å². The fraction of sp³-hybridized carbons (Fsp3) is 0.962. The van der Waals surface area contributed by atoms with E-state index in [1.165, 1.54) is 103 Å². The Balaban J connectivity index is 3.13. The lowest BCUT2D eigenvalue weighted by Crippen LogP contribution is -2.05. The number of ether oxygens (including phenoxy) is 1. The van der Waals surface area contributed by atoms with E-state index >= 15 is 0 Å². The highest BCUT2D eigenvalue weighted by Gasteiger charge is 2.03. The maximum Gasteiger partial charge on any atom is 0.305 e. The molecule has 0 saturated carbocycles. The average Bonchev–Trinajstić information content (AvgIpc) is 2.70. The Morgan fingerprint density at radius 3 is 1.48 bits per heavy atom. The Hall–Kier alpha value is -0.570. The van der Waals surface area contributed by atoms with Crippen LogP contribution in [0, 0.1) is 5.92 Å². The Morgan fingerprint density at radius 2 is 1.03 bits per heavy atom. The molecule has 29 heavy (non-hydrogen) atoms. The normalized spacial score (nSPS) is 11.3. The van der Waals surface area contributed by atoms with E-state index in [1.807, 2.05) is 0 Å². The van der Waals surface area contributed by atoms with Crippen LogP contribution < -0.4 is 0 Å². The highest BCUT2D eigenvalue weighted by Crippen LogP contribution is 2.14. The van der Waals surface area contributed by atoms with Crippen LogP contribution in [-0.4, -0.2) is 24.3 Å². The lowest BCUT2D eigenvalue weighted by molar-refractivity contribution is -0.143. The fourth-order valence-electron chi connectivity index (χ4n) is 3.77. The number of esters is 1. The minimum atomic E-state index is 0.00209. The molecule has 0 saturated heterocycles. The molecular weight excluding hydrogens is 360 g/mol. The topological polar surface area (TPSA) is 46.5 Å². The SMILES string of the molecule is CC(C)CCCCCOC(=O)CCCCCCCCCCCCCCCCCO. The number of unbranched alkanes of at least 4 members (excludes halogenated alkanes) is 16. The highest BCUT2D eigenvalue weighted by atomic mass is 16.5. The van der Waals surface area contributed by atoms with E-state index in [4.69, 9.17) is 9.84 Å². The van der Waals surface area contributed by atoms with Gasteiger partial charge in [0.25, 0.3) is 0 Å². The summed E-state index contributed by atoms with van der Waals surface area (Å²) in [6, 6.07) is 0. The third kappa shape index (κ3) is 25.4. The minimum absolute atomic E-state index is 0.00209. The van der Waals surface area contributed by atoms with Crippen LogP contribution in [0.4, 0.5) is 0 Å². The van der Waals surface area contributed by atoms with Gasteiger partial charge in [0.2, 0.25) is 0 Å². The van der Waals surface area contributed by atoms with Gasteiger partial charge in [-0.15, -0.1) is 0 Å². The molecule has 0 aliphatic carbocycles. The van der Waals surface area contributed by atoms with Crippen LogP contribution in [-0.2, 0) is 9.53 Å². The van der Waals surface area contributed by atoms with Crippen LogP contribution in [0.1, 0.15) is 142 Å². The minimum Gasteiger partial charge on any atom is -0.466 e. The largest absolute Gasteiger partial charge is 0.466 e. The van der Waals surface area contributed by atoms with Gasteiger partial charge in [-0.25, -0.2) is 0 Å². The second-order valence-corrected chi connectivity index (χ2v) is 9.24. The van der Waals surface area contributed by atoms with Crippen LogP contribution in [0.15, 0.2) is 0 Å². The van der Waals surface area contributed by atoms with E-state index in [0.717, 1.165) is 25.2 Å². The molecule has 0 aliphatic heterocycles. The molecule has 0 aromatic carbocycles. The molecule has 0 aromatic rings. The molecule has 3 heteroatoms. The predicted octanol–water partition coefficient (Wildman–Crippen LogP) is 7.98. The van der Waals surface area contributed by atoms with Crippen LogP contribution >= 0.6 is 0 Å². The molecule has 0 bridgehead atoms. The third-order valence-electron chi connectivity index (χ3n) is 5.73. The summed E-state index contributed by atoms with van der Waals surface area (Å²) in [5, 5.41) is 8.74. The predicted molar refractivity (Wildman–Crippen MR) is 125 cm³/mol. The molecule has 0 heterocycles. The van der Waals surface area contributed by atoms with Crippen LogP contribution in [0.2, 0.25) is 0 Å². The zero-order valence-electron chi connectivity index (χ0n) is 19.9. The number of carbonyl (C=O) groups is 1. The summed E-state index contributed by atoms with van der Waals surface area (Å²) < 4.78 is 5.32. The molecule has 1 N–H and O–H groups in total. The maximum atomic E-state index is 11.7. The van der Waals surface area contributed by atoms with E-state index < -0.39 is 0 Å². The summed E-state index contributed by atoms with van der Waals surface area (Å²) in [6.07, 6.45) is 24.5. The molecular formula is C26H52O3. The number of carbonyl (C=O) groups excluding carboxylic acids is 1. The summed E-state index contributed by atoms with van der Waals surface area (Å²) in [6.45, 7) is 5.48. The lowest BCUT2D eigenvalue weighted by Gasteiger charge is -2.06. The van der Waals surface area contributed by atoms with Crippen molar-refractivity contribution in [3.63, 3.8) is 0 Å². The number of hydrogen-bond donors (Lipinski definition) is 1. The first-order valence-electron chi connectivity index (χ1n) is 12.9. The Labute approximate surface area is 182 Å². The van der Waals surface area contributed by atoms with Gasteiger partial charge in [0, 0.05) is 13.0 Å². The molecule has 0 spiro atoms. The lowest BCUT2D eigenvalue weighted by atomic mass is 10.0. The van der Waals surface area contributed by atoms with Crippen LogP contribution in [0.25, 0.3) is 0 Å². The standard InChI is InChI=1S/C26H52O3/c1-25(2)21-17-16-20-24-29-26(28)22-18-14-12-10-8-6-4-3-5-7-9-11-13-15-19-23-27/h25,27H,3-24H2,1-2H3. The summed E-state index contributed by atoms with van der Waals surface area (Å²) in [5.74, 6) is 0.781. The zero-order chi connectivity index (χ0) is 21.4. The van der Waals surface area contributed by atoms with Gasteiger partial charge in [-0.1, -0.05) is 117 Å². The maximum absolute atomic E-state index is 11.7. The molecule has 0 amide bonds. The molecule has 174 valence electrons. The van der Waals surface area contributed by atoms with Crippen LogP contribution in [0.5, 0.6) is 0 Å². The van der Waals surface area contributed by atoms with E-state index in [2.05, 4.69) is 13.8 Å². The van der Waals surface area contributed by atoms with E-state index in [1.54, 1.807) is 0 Å². The summed E-state index contributed by atoms with van der Waals surface area (Å²) in [4.78, 5) is 11.7. The molecule has 3 nitrogen and oxygen atoms in total. The van der Waals surface area contributed by atoms with Crippen molar-refractivity contribution in [3.8, 4) is 0 Å². The van der Waals surface area contributed by atoms with E-state index in [0.29, 0.717) is 19.6 Å². The monoisotopic (exact) mass is 412 g/mol. The molecule has 0 unspecified atom stereocenters. The molecule has 0 atom stereocenters. The van der Waals surface area contributed by atoms with Crippen molar-refractivity contribution in [1.29, 1.82) is 0 Å². The quantitative estimate of drug-likeness (QED) is 0.137. The van der Waals surface area contributed by atoms with Gasteiger partial charge in [-0.05, 0) is 25.2 Å². The van der Waals surface area contributed by atoms with Crippen LogP contribution in [0.3, 0.4) is 0 Å². The van der Waals surface area contributed by atoms with Crippen molar-refractivity contribution < 1.29 is 14.6 Å². The van der Waals surface area contributed by atoms with Crippen molar-refractivity contribution in [2.75, 3.05) is 13.2 Å². The second kappa shape index (κ2) is 23.7. The smallest absolute Gasteiger partial charge is 0.305 e. The highest BCUT2D eigenvalue weighted by molar-refractivity contribution is 5.69. The fourth-order valence-corrected chi connectivity index (χ4v) is 3.77. The van der Waals surface area contributed by atoms with Gasteiger partial charge < -0.3 is 9.84 Å². The second-order valence-electron chi connectivity index (χ2n) is 9.24. The van der Waals surface area contributed by atoms with Crippen molar-refractivity contribution in [1.82, 2.24) is 0 Å². The van der Waals surface area contributed by atoms with Crippen molar-refractivity contribution in [2.24, 2.45) is 5.92 Å². The van der Waals surface area contributed by atoms with Crippen molar-refractivity contribution >= 4 is 5.97 Å². The first-order chi connectivity index (χ1) is 14.2. The first-order valence-corrected chi connectivity index (χ1v) is 12.9. The summed E-state index contributed by atoms with van der Waals surface area (Å²) >= 11 is 0. The number of hydrogen-bond acceptors (Lipinski definition) is 3. The summed E-state index contributed by atoms with van der Waals surface area (Å²) in [7, 11) is 0. The number of rotatable bonds is 23. The Morgan fingerprint density at radius 1 is 0.621 bits per heavy atom. The molecule has 0 rings (SSSR count). The molecule has 0 aliphatic rings. The molecule has 0 aromatic heterocycles. The van der Waals surface area contributed by atoms with Gasteiger partial charge in [-0.3, -0.25) is 4.79 Å². The first kappa shape index (κ1) is 28.4. The molecule has 0 radical (unpaired) electrons. The number of aliphatic hydroxyl groups is 1. The third-order valence-corrected chi connectivity index (χ3v) is 5.73. The van der Waals surface area contributed by atoms with Crippen molar-refractivity contribution in [2.45, 2.75) is 142 Å². The van der Waals surface area contributed by atoms with Gasteiger partial charge in [0.05, 0.1) is 6.61 Å². The Bertz CT molecular complexity index is 328. The van der Waals surface area contributed by atoms with Crippen molar-refractivity contribution in [3.05, 3.63) is 0 Å². The van der Waals surface area contributed by atoms with Gasteiger partial charge in [0.15, 0.2) is 0 Å². The number of aliphatic hydroxyl groups excluding tert-OH is 1.